The third-order valence-corrected chi connectivity index (χ3v) is 4.32. The molecular formula is C18H23N3O2. The lowest BCUT2D eigenvalue weighted by atomic mass is 10.0. The molecule has 1 aliphatic rings. The van der Waals surface area contributed by atoms with Gasteiger partial charge in [0.1, 0.15) is 0 Å². The van der Waals surface area contributed by atoms with Crippen LogP contribution in [0.2, 0.25) is 0 Å². The van der Waals surface area contributed by atoms with Gasteiger partial charge in [-0.3, -0.25) is 9.89 Å². The Morgan fingerprint density at radius 3 is 2.96 bits per heavy atom. The minimum absolute atomic E-state index is 0.0487. The van der Waals surface area contributed by atoms with Crippen molar-refractivity contribution >= 4 is 5.91 Å². The maximum absolute atomic E-state index is 12.5. The minimum Gasteiger partial charge on any atom is -0.375 e. The maximum Gasteiger partial charge on any atom is 0.257 e. The molecule has 0 saturated carbocycles. The molecule has 0 aliphatic carbocycles. The van der Waals surface area contributed by atoms with Crippen LogP contribution in [-0.4, -0.2) is 46.8 Å². The third-order valence-electron chi connectivity index (χ3n) is 4.32. The highest BCUT2D eigenvalue weighted by Crippen LogP contribution is 2.16. The third kappa shape index (κ3) is 3.99. The quantitative estimate of drug-likeness (QED) is 0.923. The first-order chi connectivity index (χ1) is 11.2. The van der Waals surface area contributed by atoms with Gasteiger partial charge in [-0.1, -0.05) is 30.3 Å². The molecule has 0 radical (unpaired) electrons. The number of rotatable bonds is 5. The lowest BCUT2D eigenvalue weighted by Gasteiger charge is -2.33. The van der Waals surface area contributed by atoms with Crippen LogP contribution in [0.25, 0.3) is 0 Å². The number of aromatic nitrogens is 2. The van der Waals surface area contributed by atoms with E-state index in [0.29, 0.717) is 25.3 Å². The highest BCUT2D eigenvalue weighted by molar-refractivity contribution is 5.95. The standard InChI is InChI=1S/C18H23N3O2/c1-14-17(12-19-20-14)18(22)21-10-11-23-16(13-21)9-5-8-15-6-3-2-4-7-15/h2-4,6-7,12,16H,5,8-11,13H2,1H3,(H,19,20). The van der Waals surface area contributed by atoms with Crippen LogP contribution < -0.4 is 0 Å². The SMILES string of the molecule is Cc1[nH]ncc1C(=O)N1CCOC(CCCc2ccccc2)C1. The van der Waals surface area contributed by atoms with Crippen molar-refractivity contribution in [2.75, 3.05) is 19.7 Å². The Labute approximate surface area is 136 Å². The van der Waals surface area contributed by atoms with E-state index >= 15 is 0 Å². The average molecular weight is 313 g/mol. The zero-order valence-electron chi connectivity index (χ0n) is 13.5. The fourth-order valence-corrected chi connectivity index (χ4v) is 2.99. The maximum atomic E-state index is 12.5. The summed E-state index contributed by atoms with van der Waals surface area (Å²) in [6, 6.07) is 10.5. The Balaban J connectivity index is 1.50. The molecule has 1 fully saturated rings. The highest BCUT2D eigenvalue weighted by atomic mass is 16.5. The summed E-state index contributed by atoms with van der Waals surface area (Å²) >= 11 is 0. The number of nitrogens with zero attached hydrogens (tertiary/aromatic N) is 2. The second-order valence-electron chi connectivity index (χ2n) is 6.03. The normalized spacial score (nSPS) is 18.1. The van der Waals surface area contributed by atoms with Crippen LogP contribution in [0, 0.1) is 6.92 Å². The molecule has 5 heteroatoms. The summed E-state index contributed by atoms with van der Waals surface area (Å²) in [6.45, 7) is 3.80. The second kappa shape index (κ2) is 7.42. The number of hydrogen-bond acceptors (Lipinski definition) is 3. The first-order valence-electron chi connectivity index (χ1n) is 8.19. The number of carbonyl (C=O) groups excluding carboxylic acids is 1. The van der Waals surface area contributed by atoms with Crippen LogP contribution in [0.1, 0.15) is 34.5 Å². The van der Waals surface area contributed by atoms with E-state index in [9.17, 15) is 4.79 Å². The number of nitrogens with one attached hydrogen (secondary N) is 1. The Morgan fingerprint density at radius 2 is 2.22 bits per heavy atom. The van der Waals surface area contributed by atoms with Gasteiger partial charge in [0.2, 0.25) is 0 Å². The van der Waals surface area contributed by atoms with Crippen molar-refractivity contribution in [3.8, 4) is 0 Å². The zero-order chi connectivity index (χ0) is 16.1. The van der Waals surface area contributed by atoms with Gasteiger partial charge in [0.05, 0.1) is 24.5 Å². The lowest BCUT2D eigenvalue weighted by Crippen LogP contribution is -2.45. The number of amides is 1. The molecule has 2 aromatic rings. The summed E-state index contributed by atoms with van der Waals surface area (Å²) in [5.74, 6) is 0.0487. The van der Waals surface area contributed by atoms with E-state index in [-0.39, 0.29) is 12.0 Å². The Hall–Kier alpha value is -2.14. The number of aromatic amines is 1. The molecule has 0 spiro atoms. The van der Waals surface area contributed by atoms with Crippen LogP contribution in [-0.2, 0) is 11.2 Å². The van der Waals surface area contributed by atoms with Gasteiger partial charge in [-0.15, -0.1) is 0 Å². The fraction of sp³-hybridized carbons (Fsp3) is 0.444. The second-order valence-corrected chi connectivity index (χ2v) is 6.03. The molecule has 1 N–H and O–H groups in total. The van der Waals surface area contributed by atoms with E-state index < -0.39 is 0 Å². The van der Waals surface area contributed by atoms with Gasteiger partial charge in [-0.25, -0.2) is 0 Å². The number of carbonyl (C=O) groups is 1. The van der Waals surface area contributed by atoms with Gasteiger partial charge in [0, 0.05) is 18.8 Å². The van der Waals surface area contributed by atoms with Gasteiger partial charge in [-0.2, -0.15) is 5.10 Å². The van der Waals surface area contributed by atoms with Crippen LogP contribution in [0.5, 0.6) is 0 Å². The average Bonchev–Trinajstić information content (AvgIpc) is 3.01. The molecule has 5 nitrogen and oxygen atoms in total. The molecule has 1 aromatic heterocycles. The first-order valence-corrected chi connectivity index (χ1v) is 8.19. The first kappa shape index (κ1) is 15.7. The molecule has 1 aliphatic heterocycles. The van der Waals surface area contributed by atoms with E-state index in [1.54, 1.807) is 6.20 Å². The van der Waals surface area contributed by atoms with Crippen LogP contribution >= 0.6 is 0 Å². The van der Waals surface area contributed by atoms with Crippen molar-refractivity contribution in [3.05, 3.63) is 53.3 Å². The number of aryl methyl sites for hydroxylation is 2. The summed E-state index contributed by atoms with van der Waals surface area (Å²) < 4.78 is 5.83. The summed E-state index contributed by atoms with van der Waals surface area (Å²) in [5.41, 5.74) is 2.84. The molecule has 3 rings (SSSR count). The molecule has 23 heavy (non-hydrogen) atoms. The van der Waals surface area contributed by atoms with Crippen LogP contribution in [0.3, 0.4) is 0 Å². The number of benzene rings is 1. The van der Waals surface area contributed by atoms with Gasteiger partial charge in [0.25, 0.3) is 5.91 Å². The molecule has 1 aromatic carbocycles. The smallest absolute Gasteiger partial charge is 0.257 e. The van der Waals surface area contributed by atoms with Crippen molar-refractivity contribution in [1.29, 1.82) is 0 Å². The van der Waals surface area contributed by atoms with Gasteiger partial charge in [-0.05, 0) is 31.7 Å². The van der Waals surface area contributed by atoms with E-state index in [4.69, 9.17) is 4.74 Å². The Kier molecular flexibility index (Phi) is 5.08. The van der Waals surface area contributed by atoms with Crippen molar-refractivity contribution in [2.24, 2.45) is 0 Å². The molecule has 1 amide bonds. The van der Waals surface area contributed by atoms with Crippen LogP contribution in [0.4, 0.5) is 0 Å². The highest BCUT2D eigenvalue weighted by Gasteiger charge is 2.26. The van der Waals surface area contributed by atoms with E-state index in [1.165, 1.54) is 5.56 Å². The number of morpholine rings is 1. The van der Waals surface area contributed by atoms with E-state index in [2.05, 4.69) is 34.5 Å². The van der Waals surface area contributed by atoms with Gasteiger partial charge >= 0.3 is 0 Å². The minimum atomic E-state index is 0.0487. The molecule has 1 unspecified atom stereocenters. The molecular weight excluding hydrogens is 290 g/mol. The number of hydrogen-bond donors (Lipinski definition) is 1. The Bertz CT molecular complexity index is 639. The Morgan fingerprint density at radius 1 is 1.39 bits per heavy atom. The summed E-state index contributed by atoms with van der Waals surface area (Å²) in [5, 5.41) is 6.76. The van der Waals surface area contributed by atoms with Crippen molar-refractivity contribution in [1.82, 2.24) is 15.1 Å². The topological polar surface area (TPSA) is 58.2 Å². The molecule has 1 atom stereocenters. The zero-order valence-corrected chi connectivity index (χ0v) is 13.5. The largest absolute Gasteiger partial charge is 0.375 e. The molecule has 122 valence electrons. The van der Waals surface area contributed by atoms with Crippen LogP contribution in [0.15, 0.2) is 36.5 Å². The predicted molar refractivity (Wildman–Crippen MR) is 88.3 cm³/mol. The molecule has 1 saturated heterocycles. The monoisotopic (exact) mass is 313 g/mol. The van der Waals surface area contributed by atoms with Crippen molar-refractivity contribution < 1.29 is 9.53 Å². The fourth-order valence-electron chi connectivity index (χ4n) is 2.99. The number of H-pyrrole nitrogens is 1. The summed E-state index contributed by atoms with van der Waals surface area (Å²) in [4.78, 5) is 14.4. The summed E-state index contributed by atoms with van der Waals surface area (Å²) in [7, 11) is 0. The van der Waals surface area contributed by atoms with Gasteiger partial charge in [0.15, 0.2) is 0 Å². The van der Waals surface area contributed by atoms with E-state index in [1.807, 2.05) is 17.9 Å². The van der Waals surface area contributed by atoms with E-state index in [0.717, 1.165) is 25.0 Å². The predicted octanol–water partition coefficient (Wildman–Crippen LogP) is 2.58. The van der Waals surface area contributed by atoms with Gasteiger partial charge < -0.3 is 9.64 Å². The molecule has 2 heterocycles. The number of ether oxygens (including phenoxy) is 1. The van der Waals surface area contributed by atoms with Crippen molar-refractivity contribution in [2.45, 2.75) is 32.3 Å². The summed E-state index contributed by atoms with van der Waals surface area (Å²) in [6.07, 6.45) is 4.83. The van der Waals surface area contributed by atoms with Crippen molar-refractivity contribution in [3.63, 3.8) is 0 Å². The lowest BCUT2D eigenvalue weighted by molar-refractivity contribution is -0.0255. The molecule has 0 bridgehead atoms.